The van der Waals surface area contributed by atoms with Gasteiger partial charge in [0, 0.05) is 19.9 Å². The van der Waals surface area contributed by atoms with Gasteiger partial charge in [-0.2, -0.15) is 0 Å². The second kappa shape index (κ2) is 2.98. The summed E-state index contributed by atoms with van der Waals surface area (Å²) in [7, 11) is 0. The van der Waals surface area contributed by atoms with Crippen LogP contribution in [0, 0.1) is 3.57 Å². The first-order valence-electron chi connectivity index (χ1n) is 4.51. The van der Waals surface area contributed by atoms with Gasteiger partial charge in [0.05, 0.1) is 5.52 Å². The van der Waals surface area contributed by atoms with E-state index in [4.69, 9.17) is 0 Å². The van der Waals surface area contributed by atoms with Crippen molar-refractivity contribution in [1.82, 2.24) is 4.98 Å². The number of rotatable bonds is 0. The van der Waals surface area contributed by atoms with E-state index in [2.05, 4.69) is 70.0 Å². The van der Waals surface area contributed by atoms with Crippen molar-refractivity contribution in [3.05, 3.63) is 46.0 Å². The van der Waals surface area contributed by atoms with Gasteiger partial charge in [-0.1, -0.05) is 30.3 Å². The van der Waals surface area contributed by atoms with E-state index in [-0.39, 0.29) is 0 Å². The molecular weight excluding hydrogens is 285 g/mol. The summed E-state index contributed by atoms with van der Waals surface area (Å²) in [5.74, 6) is 0. The molecule has 2 aromatic carbocycles. The summed E-state index contributed by atoms with van der Waals surface area (Å²) in [5.41, 5.74) is 2.46. The summed E-state index contributed by atoms with van der Waals surface area (Å²) >= 11 is 2.36. The topological polar surface area (TPSA) is 15.8 Å². The minimum Gasteiger partial charge on any atom is -0.354 e. The number of benzene rings is 2. The zero-order valence-electron chi connectivity index (χ0n) is 7.42. The molecule has 0 saturated carbocycles. The number of nitrogens with one attached hydrogen (secondary N) is 1. The number of para-hydroxylation sites is 2. The van der Waals surface area contributed by atoms with Crippen molar-refractivity contribution in [2.24, 2.45) is 0 Å². The van der Waals surface area contributed by atoms with E-state index in [0.717, 1.165) is 0 Å². The summed E-state index contributed by atoms with van der Waals surface area (Å²) in [6, 6.07) is 14.8. The van der Waals surface area contributed by atoms with Gasteiger partial charge in [-0.15, -0.1) is 0 Å². The Bertz CT molecular complexity index is 610. The molecule has 0 spiro atoms. The highest BCUT2D eigenvalue weighted by atomic mass is 127. The van der Waals surface area contributed by atoms with Crippen LogP contribution in [0.25, 0.3) is 21.8 Å². The summed E-state index contributed by atoms with van der Waals surface area (Å²) in [6.45, 7) is 0. The minimum absolute atomic E-state index is 1.21. The van der Waals surface area contributed by atoms with Gasteiger partial charge in [0.15, 0.2) is 0 Å². The van der Waals surface area contributed by atoms with Crippen LogP contribution in [-0.4, -0.2) is 4.98 Å². The Kier molecular flexibility index (Phi) is 1.77. The molecule has 0 fully saturated rings. The highest BCUT2D eigenvalue weighted by molar-refractivity contribution is 14.1. The average Bonchev–Trinajstić information content (AvgIpc) is 2.59. The monoisotopic (exact) mass is 293 g/mol. The molecule has 1 N–H and O–H groups in total. The smallest absolute Gasteiger partial charge is 0.0600 e. The molecular formula is C12H8IN. The van der Waals surface area contributed by atoms with E-state index < -0.39 is 0 Å². The summed E-state index contributed by atoms with van der Waals surface area (Å²) in [5, 5.41) is 2.62. The second-order valence-electron chi connectivity index (χ2n) is 3.33. The number of H-pyrrole nitrogens is 1. The fraction of sp³-hybridized carbons (Fsp3) is 0. The lowest BCUT2D eigenvalue weighted by Gasteiger charge is -1.92. The lowest BCUT2D eigenvalue weighted by Crippen LogP contribution is -1.72. The van der Waals surface area contributed by atoms with Crippen molar-refractivity contribution >= 4 is 44.4 Å². The van der Waals surface area contributed by atoms with E-state index >= 15 is 0 Å². The van der Waals surface area contributed by atoms with E-state index in [9.17, 15) is 0 Å². The fourth-order valence-corrected chi connectivity index (χ4v) is 2.47. The van der Waals surface area contributed by atoms with Gasteiger partial charge in [0.2, 0.25) is 0 Å². The van der Waals surface area contributed by atoms with Crippen LogP contribution in [0.2, 0.25) is 0 Å². The molecule has 0 aliphatic rings. The number of hydrogen-bond donors (Lipinski definition) is 1. The molecule has 0 bridgehead atoms. The Hall–Kier alpha value is -1.03. The fourth-order valence-electron chi connectivity index (χ4n) is 1.84. The molecule has 14 heavy (non-hydrogen) atoms. The summed E-state index contributed by atoms with van der Waals surface area (Å²) in [6.07, 6.45) is 0. The van der Waals surface area contributed by atoms with Crippen LogP contribution in [0.1, 0.15) is 0 Å². The zero-order valence-corrected chi connectivity index (χ0v) is 9.58. The van der Waals surface area contributed by atoms with Crippen molar-refractivity contribution in [2.75, 3.05) is 0 Å². The van der Waals surface area contributed by atoms with Crippen LogP contribution in [0.5, 0.6) is 0 Å². The van der Waals surface area contributed by atoms with Gasteiger partial charge >= 0.3 is 0 Å². The van der Waals surface area contributed by atoms with Crippen molar-refractivity contribution in [3.63, 3.8) is 0 Å². The first-order chi connectivity index (χ1) is 6.86. The molecule has 0 aliphatic carbocycles. The van der Waals surface area contributed by atoms with Crippen LogP contribution in [0.4, 0.5) is 0 Å². The largest absolute Gasteiger partial charge is 0.354 e. The lowest BCUT2D eigenvalue weighted by atomic mass is 10.2. The Morgan fingerprint density at radius 1 is 0.857 bits per heavy atom. The van der Waals surface area contributed by atoms with Gasteiger partial charge in [-0.25, -0.2) is 0 Å². The third kappa shape index (κ3) is 1.07. The Morgan fingerprint density at radius 2 is 1.64 bits per heavy atom. The molecule has 0 radical (unpaired) electrons. The highest BCUT2D eigenvalue weighted by Crippen LogP contribution is 2.27. The molecule has 0 saturated heterocycles. The predicted molar refractivity (Wildman–Crippen MR) is 68.5 cm³/mol. The van der Waals surface area contributed by atoms with Gasteiger partial charge in [-0.05, 0) is 34.7 Å². The van der Waals surface area contributed by atoms with E-state index in [1.54, 1.807) is 0 Å². The van der Waals surface area contributed by atoms with Crippen LogP contribution < -0.4 is 0 Å². The highest BCUT2D eigenvalue weighted by Gasteiger charge is 2.04. The Labute approximate surface area is 95.3 Å². The molecule has 0 atom stereocenters. The molecule has 0 amide bonds. The lowest BCUT2D eigenvalue weighted by molar-refractivity contribution is 1.53. The first kappa shape index (κ1) is 8.29. The molecule has 0 aliphatic heterocycles. The zero-order chi connectivity index (χ0) is 9.54. The standard InChI is InChI=1S/C12H8IN/c13-10-6-3-5-9-8-4-1-2-7-11(8)14-12(9)10/h1-7,14H. The van der Waals surface area contributed by atoms with Crippen molar-refractivity contribution in [1.29, 1.82) is 0 Å². The molecule has 3 rings (SSSR count). The summed E-state index contributed by atoms with van der Waals surface area (Å²) in [4.78, 5) is 3.44. The van der Waals surface area contributed by atoms with Crippen LogP contribution in [-0.2, 0) is 0 Å². The SMILES string of the molecule is Ic1cccc2c1[nH]c1ccccc12. The maximum absolute atomic E-state index is 3.44. The number of halogens is 1. The molecule has 68 valence electrons. The number of fused-ring (bicyclic) bond motifs is 3. The van der Waals surface area contributed by atoms with Crippen LogP contribution in [0.15, 0.2) is 42.5 Å². The van der Waals surface area contributed by atoms with Gasteiger partial charge in [0.1, 0.15) is 0 Å². The predicted octanol–water partition coefficient (Wildman–Crippen LogP) is 3.93. The first-order valence-corrected chi connectivity index (χ1v) is 5.59. The van der Waals surface area contributed by atoms with Crippen LogP contribution >= 0.6 is 22.6 Å². The number of aromatic nitrogens is 1. The van der Waals surface area contributed by atoms with Crippen molar-refractivity contribution in [2.45, 2.75) is 0 Å². The summed E-state index contributed by atoms with van der Waals surface area (Å²) < 4.78 is 1.27. The normalized spacial score (nSPS) is 11.2. The van der Waals surface area contributed by atoms with E-state index in [0.29, 0.717) is 0 Å². The van der Waals surface area contributed by atoms with Crippen molar-refractivity contribution < 1.29 is 0 Å². The van der Waals surface area contributed by atoms with Crippen LogP contribution in [0.3, 0.4) is 0 Å². The molecule has 1 heterocycles. The van der Waals surface area contributed by atoms with Gasteiger partial charge < -0.3 is 4.98 Å². The third-order valence-corrected chi connectivity index (χ3v) is 3.39. The molecule has 0 unspecified atom stereocenters. The third-order valence-electron chi connectivity index (χ3n) is 2.49. The second-order valence-corrected chi connectivity index (χ2v) is 4.50. The quantitative estimate of drug-likeness (QED) is 0.605. The van der Waals surface area contributed by atoms with Gasteiger partial charge in [-0.3, -0.25) is 0 Å². The Morgan fingerprint density at radius 3 is 2.57 bits per heavy atom. The number of aromatic amines is 1. The Balaban J connectivity index is 2.63. The molecule has 3 aromatic rings. The molecule has 2 heteroatoms. The van der Waals surface area contributed by atoms with Gasteiger partial charge in [0.25, 0.3) is 0 Å². The van der Waals surface area contributed by atoms with E-state index in [1.807, 2.05) is 0 Å². The van der Waals surface area contributed by atoms with Crippen molar-refractivity contribution in [3.8, 4) is 0 Å². The maximum atomic E-state index is 3.44. The number of hydrogen-bond acceptors (Lipinski definition) is 0. The maximum Gasteiger partial charge on any atom is 0.0600 e. The molecule has 1 aromatic heterocycles. The van der Waals surface area contributed by atoms with E-state index in [1.165, 1.54) is 25.4 Å². The molecule has 1 nitrogen and oxygen atoms in total. The minimum atomic E-state index is 1.21. The average molecular weight is 293 g/mol.